The van der Waals surface area contributed by atoms with E-state index < -0.39 is 5.97 Å². The van der Waals surface area contributed by atoms with E-state index in [9.17, 15) is 9.18 Å². The van der Waals surface area contributed by atoms with Gasteiger partial charge in [-0.1, -0.05) is 30.3 Å². The second-order valence-electron chi connectivity index (χ2n) is 7.31. The summed E-state index contributed by atoms with van der Waals surface area (Å²) < 4.78 is 35.4. The number of hydrogen-bond acceptors (Lipinski definition) is 6. The van der Waals surface area contributed by atoms with Gasteiger partial charge in [-0.2, -0.15) is 0 Å². The third kappa shape index (κ3) is 5.38. The van der Waals surface area contributed by atoms with Crippen LogP contribution in [0.1, 0.15) is 27.2 Å². The molecule has 0 unspecified atom stereocenters. The molecule has 0 saturated heterocycles. The summed E-state index contributed by atoms with van der Waals surface area (Å²) in [6.45, 7) is 2.23. The lowest BCUT2D eigenvalue weighted by atomic mass is 10.0. The quantitative estimate of drug-likeness (QED) is 0.321. The molecule has 3 aromatic carbocycles. The Bertz CT molecular complexity index is 1270. The Kier molecular flexibility index (Phi) is 6.69. The average molecular weight is 447 g/mol. The van der Waals surface area contributed by atoms with Gasteiger partial charge in [-0.3, -0.25) is 0 Å². The number of halogens is 1. The van der Waals surface area contributed by atoms with Crippen LogP contribution in [0.3, 0.4) is 0 Å². The third-order valence-electron chi connectivity index (χ3n) is 4.96. The van der Waals surface area contributed by atoms with Gasteiger partial charge in [-0.05, 0) is 42.8 Å². The molecule has 0 aliphatic heterocycles. The fraction of sp³-hybridized carbons (Fsp3) is 0.154. The zero-order valence-corrected chi connectivity index (χ0v) is 18.2. The lowest BCUT2D eigenvalue weighted by Gasteiger charge is -2.13. The summed E-state index contributed by atoms with van der Waals surface area (Å²) in [6, 6.07) is 18.8. The molecule has 0 atom stereocenters. The number of nitrogens with zero attached hydrogens (tertiary/aromatic N) is 1. The maximum absolute atomic E-state index is 13.4. The number of aromatic nitrogens is 1. The Morgan fingerprint density at radius 3 is 2.45 bits per heavy atom. The summed E-state index contributed by atoms with van der Waals surface area (Å²) in [5.41, 5.74) is 3.20. The number of aryl methyl sites for hydroxylation is 1. The van der Waals surface area contributed by atoms with Crippen molar-refractivity contribution in [2.75, 3.05) is 7.11 Å². The molecule has 6 nitrogen and oxygen atoms in total. The Balaban J connectivity index is 1.39. The summed E-state index contributed by atoms with van der Waals surface area (Å²) in [6.07, 6.45) is 1.48. The van der Waals surface area contributed by atoms with Gasteiger partial charge in [-0.15, -0.1) is 0 Å². The van der Waals surface area contributed by atoms with E-state index in [0.717, 1.165) is 11.1 Å². The van der Waals surface area contributed by atoms with Crippen molar-refractivity contribution in [2.45, 2.75) is 20.1 Å². The van der Waals surface area contributed by atoms with Crippen LogP contribution < -0.4 is 9.47 Å². The van der Waals surface area contributed by atoms with E-state index in [1.165, 1.54) is 25.5 Å². The van der Waals surface area contributed by atoms with Crippen LogP contribution in [0.25, 0.3) is 11.5 Å². The summed E-state index contributed by atoms with van der Waals surface area (Å²) in [7, 11) is 1.36. The fourth-order valence-electron chi connectivity index (χ4n) is 3.34. The number of methoxy groups -OCH3 is 1. The molecular formula is C26H22FNO5. The second-order valence-corrected chi connectivity index (χ2v) is 7.31. The summed E-state index contributed by atoms with van der Waals surface area (Å²) in [5.74, 6) is 0.745. The van der Waals surface area contributed by atoms with Crippen molar-refractivity contribution in [2.24, 2.45) is 0 Å². The lowest BCUT2D eigenvalue weighted by Crippen LogP contribution is -2.10. The molecule has 0 aliphatic carbocycles. The Morgan fingerprint density at radius 2 is 1.70 bits per heavy atom. The molecule has 0 saturated carbocycles. The molecule has 0 radical (unpaired) electrons. The van der Waals surface area contributed by atoms with Crippen molar-refractivity contribution >= 4 is 5.97 Å². The van der Waals surface area contributed by atoms with Crippen molar-refractivity contribution < 1.29 is 27.8 Å². The van der Waals surface area contributed by atoms with Crippen LogP contribution in [0, 0.1) is 12.7 Å². The van der Waals surface area contributed by atoms with Gasteiger partial charge in [0.15, 0.2) is 0 Å². The molecule has 0 aliphatic rings. The molecule has 1 aromatic heterocycles. The van der Waals surface area contributed by atoms with Crippen LogP contribution >= 0.6 is 0 Å². The van der Waals surface area contributed by atoms with Gasteiger partial charge in [0, 0.05) is 17.2 Å². The molecule has 0 amide bonds. The number of esters is 1. The van der Waals surface area contributed by atoms with Crippen molar-refractivity contribution in [1.29, 1.82) is 0 Å². The van der Waals surface area contributed by atoms with Crippen LogP contribution in [0.2, 0.25) is 0 Å². The van der Waals surface area contributed by atoms with Crippen LogP contribution in [-0.2, 0) is 18.0 Å². The van der Waals surface area contributed by atoms with Gasteiger partial charge in [0.1, 0.15) is 42.5 Å². The highest BCUT2D eigenvalue weighted by Crippen LogP contribution is 2.24. The van der Waals surface area contributed by atoms with Crippen LogP contribution in [0.5, 0.6) is 11.5 Å². The molecular weight excluding hydrogens is 425 g/mol. The minimum Gasteiger partial charge on any atom is -0.489 e. The first-order chi connectivity index (χ1) is 16.0. The molecule has 4 aromatic rings. The molecule has 0 N–H and O–H groups in total. The van der Waals surface area contributed by atoms with Crippen molar-refractivity contribution in [3.63, 3.8) is 0 Å². The molecule has 33 heavy (non-hydrogen) atoms. The fourth-order valence-corrected chi connectivity index (χ4v) is 3.34. The number of oxazole rings is 1. The summed E-state index contributed by atoms with van der Waals surface area (Å²) >= 11 is 0. The molecule has 0 bridgehead atoms. The molecule has 7 heteroatoms. The SMILES string of the molecule is COC(=O)c1c(C)cccc1COc1cccc(OCc2coc(-c3cccc(F)c3)n2)c1. The minimum absolute atomic E-state index is 0.173. The lowest BCUT2D eigenvalue weighted by molar-refractivity contribution is 0.0597. The topological polar surface area (TPSA) is 70.8 Å². The standard InChI is InChI=1S/C26H22FNO5/c1-17-6-3-8-19(24(17)26(29)30-2)14-31-22-10-5-11-23(13-22)32-15-21-16-33-25(28-21)18-7-4-9-20(27)12-18/h3-13,16H,14-15H2,1-2H3. The number of rotatable bonds is 8. The Morgan fingerprint density at radius 1 is 0.970 bits per heavy atom. The van der Waals surface area contributed by atoms with Gasteiger partial charge in [0.2, 0.25) is 5.89 Å². The first-order valence-electron chi connectivity index (χ1n) is 10.3. The van der Waals surface area contributed by atoms with Crippen LogP contribution in [-0.4, -0.2) is 18.1 Å². The van der Waals surface area contributed by atoms with E-state index in [0.29, 0.717) is 34.2 Å². The van der Waals surface area contributed by atoms with E-state index in [1.54, 1.807) is 30.3 Å². The third-order valence-corrected chi connectivity index (χ3v) is 4.96. The number of carbonyl (C=O) groups is 1. The van der Waals surface area contributed by atoms with Gasteiger partial charge >= 0.3 is 5.97 Å². The summed E-state index contributed by atoms with van der Waals surface area (Å²) in [4.78, 5) is 16.5. The van der Waals surface area contributed by atoms with E-state index in [1.807, 2.05) is 31.2 Å². The Hall–Kier alpha value is -4.13. The molecule has 4 rings (SSSR count). The zero-order valence-electron chi connectivity index (χ0n) is 18.2. The smallest absolute Gasteiger partial charge is 0.338 e. The maximum atomic E-state index is 13.4. The van der Waals surface area contributed by atoms with Crippen molar-refractivity contribution in [3.05, 3.63) is 101 Å². The second kappa shape index (κ2) is 9.99. The van der Waals surface area contributed by atoms with E-state index in [-0.39, 0.29) is 19.0 Å². The largest absolute Gasteiger partial charge is 0.489 e. The first-order valence-corrected chi connectivity index (χ1v) is 10.3. The summed E-state index contributed by atoms with van der Waals surface area (Å²) in [5, 5.41) is 0. The predicted octanol–water partition coefficient (Wildman–Crippen LogP) is 5.73. The maximum Gasteiger partial charge on any atom is 0.338 e. The number of benzene rings is 3. The van der Waals surface area contributed by atoms with Crippen LogP contribution in [0.15, 0.2) is 77.4 Å². The molecule has 0 fully saturated rings. The number of carbonyl (C=O) groups excluding carboxylic acids is 1. The monoisotopic (exact) mass is 447 g/mol. The van der Waals surface area contributed by atoms with Gasteiger partial charge in [-0.25, -0.2) is 14.2 Å². The minimum atomic E-state index is -0.394. The molecule has 168 valence electrons. The van der Waals surface area contributed by atoms with Gasteiger partial charge in [0.25, 0.3) is 0 Å². The molecule has 0 spiro atoms. The van der Waals surface area contributed by atoms with E-state index in [4.69, 9.17) is 18.6 Å². The zero-order chi connectivity index (χ0) is 23.2. The van der Waals surface area contributed by atoms with Gasteiger partial charge in [0.05, 0.1) is 12.7 Å². The average Bonchev–Trinajstić information content (AvgIpc) is 3.30. The van der Waals surface area contributed by atoms with Crippen molar-refractivity contribution in [3.8, 4) is 23.0 Å². The van der Waals surface area contributed by atoms with E-state index >= 15 is 0 Å². The first kappa shape index (κ1) is 22.1. The number of ether oxygens (including phenoxy) is 3. The van der Waals surface area contributed by atoms with Gasteiger partial charge < -0.3 is 18.6 Å². The normalized spacial score (nSPS) is 10.6. The van der Waals surface area contributed by atoms with Crippen molar-refractivity contribution in [1.82, 2.24) is 4.98 Å². The Labute approximate surface area is 190 Å². The molecule has 1 heterocycles. The highest BCUT2D eigenvalue weighted by atomic mass is 19.1. The highest BCUT2D eigenvalue weighted by molar-refractivity contribution is 5.92. The number of hydrogen-bond donors (Lipinski definition) is 0. The van der Waals surface area contributed by atoms with E-state index in [2.05, 4.69) is 4.98 Å². The van der Waals surface area contributed by atoms with Crippen LogP contribution in [0.4, 0.5) is 4.39 Å². The highest BCUT2D eigenvalue weighted by Gasteiger charge is 2.15. The predicted molar refractivity (Wildman–Crippen MR) is 120 cm³/mol.